The van der Waals surface area contributed by atoms with Crippen molar-refractivity contribution in [1.82, 2.24) is 0 Å². The van der Waals surface area contributed by atoms with Gasteiger partial charge in [-0.3, -0.25) is 4.18 Å². The van der Waals surface area contributed by atoms with Crippen LogP contribution in [0.4, 0.5) is 0 Å². The minimum Gasteiger partial charge on any atom is -0.388 e. The van der Waals surface area contributed by atoms with Crippen LogP contribution in [0.15, 0.2) is 29.2 Å². The van der Waals surface area contributed by atoms with E-state index in [9.17, 15) is 13.5 Å². The Kier molecular flexibility index (Phi) is 5.52. The molecular weight excluding hydrogens is 264 g/mol. The third-order valence-electron chi connectivity index (χ3n) is 2.90. The van der Waals surface area contributed by atoms with Crippen molar-refractivity contribution in [2.75, 3.05) is 6.61 Å². The molecule has 1 aromatic carbocycles. The van der Waals surface area contributed by atoms with Gasteiger partial charge in [0.05, 0.1) is 17.1 Å². The fourth-order valence-electron chi connectivity index (χ4n) is 1.61. The maximum atomic E-state index is 11.9. The van der Waals surface area contributed by atoms with Gasteiger partial charge >= 0.3 is 0 Å². The molecule has 0 radical (unpaired) electrons. The van der Waals surface area contributed by atoms with E-state index in [1.54, 1.807) is 19.1 Å². The first kappa shape index (κ1) is 16.1. The van der Waals surface area contributed by atoms with Crippen molar-refractivity contribution in [3.8, 4) is 0 Å². The molecule has 0 heterocycles. The summed E-state index contributed by atoms with van der Waals surface area (Å²) in [7, 11) is -3.80. The molecule has 1 N–H and O–H groups in total. The molecule has 0 spiro atoms. The Hall–Kier alpha value is -0.910. The predicted molar refractivity (Wildman–Crippen MR) is 74.5 cm³/mol. The van der Waals surface area contributed by atoms with Gasteiger partial charge < -0.3 is 5.11 Å². The lowest BCUT2D eigenvalue weighted by atomic mass is 10.0. The smallest absolute Gasteiger partial charge is 0.297 e. The summed E-state index contributed by atoms with van der Waals surface area (Å²) in [5.41, 5.74) is -0.137. The molecule has 0 amide bonds. The van der Waals surface area contributed by atoms with Crippen LogP contribution in [0.2, 0.25) is 0 Å². The Morgan fingerprint density at radius 2 is 1.84 bits per heavy atom. The molecule has 0 saturated heterocycles. The van der Waals surface area contributed by atoms with Crippen molar-refractivity contribution >= 4 is 10.1 Å². The predicted octanol–water partition coefficient (Wildman–Crippen LogP) is 2.64. The number of rotatable bonds is 7. The van der Waals surface area contributed by atoms with E-state index in [2.05, 4.69) is 0 Å². The minimum absolute atomic E-state index is 0.115. The summed E-state index contributed by atoms with van der Waals surface area (Å²) >= 11 is 0. The van der Waals surface area contributed by atoms with Gasteiger partial charge in [0.1, 0.15) is 0 Å². The molecule has 1 aromatic rings. The van der Waals surface area contributed by atoms with Crippen LogP contribution in [-0.2, 0) is 14.3 Å². The third kappa shape index (κ3) is 5.30. The third-order valence-corrected chi connectivity index (χ3v) is 4.18. The SMILES string of the molecule is CCCC[C@@](C)(O)COS(=O)(=O)c1ccc(C)cc1. The molecule has 108 valence electrons. The molecule has 1 rings (SSSR count). The van der Waals surface area contributed by atoms with E-state index in [0.29, 0.717) is 6.42 Å². The van der Waals surface area contributed by atoms with Gasteiger partial charge in [-0.25, -0.2) is 0 Å². The first-order valence-electron chi connectivity index (χ1n) is 6.45. The number of aryl methyl sites for hydroxylation is 1. The minimum atomic E-state index is -3.80. The van der Waals surface area contributed by atoms with Gasteiger partial charge in [0, 0.05) is 0 Å². The Morgan fingerprint density at radius 1 is 1.26 bits per heavy atom. The molecule has 0 bridgehead atoms. The molecule has 19 heavy (non-hydrogen) atoms. The van der Waals surface area contributed by atoms with Crippen LogP contribution in [-0.4, -0.2) is 25.7 Å². The first-order chi connectivity index (χ1) is 8.77. The maximum absolute atomic E-state index is 11.9. The Balaban J connectivity index is 2.68. The van der Waals surface area contributed by atoms with E-state index in [-0.39, 0.29) is 11.5 Å². The highest BCUT2D eigenvalue weighted by Crippen LogP contribution is 2.18. The van der Waals surface area contributed by atoms with Gasteiger partial charge in [0.25, 0.3) is 10.1 Å². The molecule has 0 fully saturated rings. The topological polar surface area (TPSA) is 63.6 Å². The van der Waals surface area contributed by atoms with Crippen molar-refractivity contribution in [1.29, 1.82) is 0 Å². The van der Waals surface area contributed by atoms with E-state index >= 15 is 0 Å². The molecule has 4 nitrogen and oxygen atoms in total. The number of unbranched alkanes of at least 4 members (excludes halogenated alkanes) is 1. The summed E-state index contributed by atoms with van der Waals surface area (Å²) in [6, 6.07) is 6.44. The molecule has 0 saturated carbocycles. The van der Waals surface area contributed by atoms with Crippen LogP contribution in [0.25, 0.3) is 0 Å². The van der Waals surface area contributed by atoms with Crippen LogP contribution in [0, 0.1) is 6.92 Å². The number of benzene rings is 1. The summed E-state index contributed by atoms with van der Waals surface area (Å²) < 4.78 is 28.8. The Morgan fingerprint density at radius 3 is 2.37 bits per heavy atom. The molecule has 0 aromatic heterocycles. The van der Waals surface area contributed by atoms with Crippen molar-refractivity contribution in [2.24, 2.45) is 0 Å². The summed E-state index contributed by atoms with van der Waals surface area (Å²) in [5.74, 6) is 0. The van der Waals surface area contributed by atoms with Gasteiger partial charge in [-0.1, -0.05) is 37.5 Å². The van der Waals surface area contributed by atoms with E-state index < -0.39 is 15.7 Å². The zero-order chi connectivity index (χ0) is 14.5. The van der Waals surface area contributed by atoms with Crippen LogP contribution < -0.4 is 0 Å². The second-order valence-electron chi connectivity index (χ2n) is 5.13. The van der Waals surface area contributed by atoms with E-state index in [1.165, 1.54) is 12.1 Å². The first-order valence-corrected chi connectivity index (χ1v) is 7.86. The maximum Gasteiger partial charge on any atom is 0.297 e. The molecule has 0 aliphatic heterocycles. The fourth-order valence-corrected chi connectivity index (χ4v) is 2.62. The lowest BCUT2D eigenvalue weighted by molar-refractivity contribution is 0.00467. The van der Waals surface area contributed by atoms with Crippen LogP contribution in [0.5, 0.6) is 0 Å². The lowest BCUT2D eigenvalue weighted by Gasteiger charge is -2.22. The molecule has 0 aliphatic carbocycles. The normalized spacial score (nSPS) is 15.2. The Labute approximate surface area is 115 Å². The summed E-state index contributed by atoms with van der Waals surface area (Å²) in [4.78, 5) is 0.115. The second-order valence-corrected chi connectivity index (χ2v) is 6.75. The lowest BCUT2D eigenvalue weighted by Crippen LogP contribution is -2.31. The van der Waals surface area contributed by atoms with Gasteiger partial charge in [-0.15, -0.1) is 0 Å². The van der Waals surface area contributed by atoms with E-state index in [0.717, 1.165) is 18.4 Å². The second kappa shape index (κ2) is 6.50. The summed E-state index contributed by atoms with van der Waals surface area (Å²) in [6.45, 7) is 5.27. The van der Waals surface area contributed by atoms with Crippen LogP contribution >= 0.6 is 0 Å². The highest BCUT2D eigenvalue weighted by Gasteiger charge is 2.24. The standard InChI is InChI=1S/C14H22O4S/c1-4-5-10-14(3,15)11-18-19(16,17)13-8-6-12(2)7-9-13/h6-9,15H,4-5,10-11H2,1-3H3/t14-/m1/s1. The monoisotopic (exact) mass is 286 g/mol. The number of aliphatic hydroxyl groups is 1. The molecular formula is C14H22O4S. The highest BCUT2D eigenvalue weighted by atomic mass is 32.2. The highest BCUT2D eigenvalue weighted by molar-refractivity contribution is 7.86. The van der Waals surface area contributed by atoms with Gasteiger partial charge in [0.15, 0.2) is 0 Å². The summed E-state index contributed by atoms with van der Waals surface area (Å²) in [6.07, 6.45) is 2.30. The zero-order valence-electron chi connectivity index (χ0n) is 11.7. The average molecular weight is 286 g/mol. The van der Waals surface area contributed by atoms with Gasteiger partial charge in [-0.05, 0) is 32.4 Å². The molecule has 5 heteroatoms. The van der Waals surface area contributed by atoms with Crippen molar-refractivity contribution in [3.05, 3.63) is 29.8 Å². The van der Waals surface area contributed by atoms with Gasteiger partial charge in [0.2, 0.25) is 0 Å². The molecule has 0 unspecified atom stereocenters. The fraction of sp³-hybridized carbons (Fsp3) is 0.571. The number of hydrogen-bond donors (Lipinski definition) is 1. The number of hydrogen-bond acceptors (Lipinski definition) is 4. The van der Waals surface area contributed by atoms with Crippen LogP contribution in [0.1, 0.15) is 38.7 Å². The van der Waals surface area contributed by atoms with Crippen LogP contribution in [0.3, 0.4) is 0 Å². The largest absolute Gasteiger partial charge is 0.388 e. The molecule has 1 atom stereocenters. The molecule has 0 aliphatic rings. The van der Waals surface area contributed by atoms with Gasteiger partial charge in [-0.2, -0.15) is 8.42 Å². The summed E-state index contributed by atoms with van der Waals surface area (Å²) in [5, 5.41) is 10.0. The Bertz CT molecular complexity index is 489. The average Bonchev–Trinajstić information content (AvgIpc) is 2.35. The van der Waals surface area contributed by atoms with Crippen molar-refractivity contribution in [2.45, 2.75) is 50.5 Å². The zero-order valence-corrected chi connectivity index (χ0v) is 12.5. The van der Waals surface area contributed by atoms with E-state index in [1.807, 2.05) is 13.8 Å². The quantitative estimate of drug-likeness (QED) is 0.783. The van der Waals surface area contributed by atoms with Crippen molar-refractivity contribution < 1.29 is 17.7 Å². The van der Waals surface area contributed by atoms with E-state index in [4.69, 9.17) is 4.18 Å². The van der Waals surface area contributed by atoms with Crippen molar-refractivity contribution in [3.63, 3.8) is 0 Å².